The van der Waals surface area contributed by atoms with Crippen LogP contribution in [0.4, 0.5) is 0 Å². The Morgan fingerprint density at radius 2 is 2.21 bits per heavy atom. The first kappa shape index (κ1) is 12.8. The van der Waals surface area contributed by atoms with Crippen molar-refractivity contribution >= 4 is 15.9 Å². The molecule has 5 heteroatoms. The fourth-order valence-corrected chi connectivity index (χ4v) is 3.14. The van der Waals surface area contributed by atoms with Crippen LogP contribution in [-0.2, 0) is 0 Å². The summed E-state index contributed by atoms with van der Waals surface area (Å²) in [5, 5.41) is 4.10. The molecule has 0 amide bonds. The van der Waals surface area contributed by atoms with Crippen LogP contribution in [0.5, 0.6) is 0 Å². The molecule has 1 aliphatic carbocycles. The molecular formula is C14H16BrN3O. The highest BCUT2D eigenvalue weighted by atomic mass is 79.9. The van der Waals surface area contributed by atoms with Crippen molar-refractivity contribution in [3.8, 4) is 11.4 Å². The van der Waals surface area contributed by atoms with Crippen LogP contribution in [0.1, 0.15) is 36.6 Å². The van der Waals surface area contributed by atoms with Crippen molar-refractivity contribution in [2.24, 2.45) is 5.73 Å². The van der Waals surface area contributed by atoms with Gasteiger partial charge in [0.15, 0.2) is 0 Å². The summed E-state index contributed by atoms with van der Waals surface area (Å²) in [7, 11) is 0. The summed E-state index contributed by atoms with van der Waals surface area (Å²) in [6.45, 7) is 2.04. The van der Waals surface area contributed by atoms with E-state index in [2.05, 4.69) is 26.1 Å². The second kappa shape index (κ2) is 5.06. The highest BCUT2D eigenvalue weighted by molar-refractivity contribution is 9.10. The van der Waals surface area contributed by atoms with Crippen LogP contribution in [-0.4, -0.2) is 16.2 Å². The molecule has 4 nitrogen and oxygen atoms in total. The summed E-state index contributed by atoms with van der Waals surface area (Å²) in [6, 6.07) is 6.19. The summed E-state index contributed by atoms with van der Waals surface area (Å²) in [4.78, 5) is 4.53. The zero-order valence-electron chi connectivity index (χ0n) is 10.8. The molecule has 100 valence electrons. The van der Waals surface area contributed by atoms with Gasteiger partial charge < -0.3 is 10.3 Å². The number of hydrogen-bond acceptors (Lipinski definition) is 4. The minimum absolute atomic E-state index is 0.152. The lowest BCUT2D eigenvalue weighted by molar-refractivity contribution is 0.345. The molecule has 1 aliphatic rings. The molecule has 0 saturated heterocycles. The molecule has 0 aliphatic heterocycles. The number of nitrogens with two attached hydrogens (primary N) is 1. The van der Waals surface area contributed by atoms with Crippen LogP contribution in [0.15, 0.2) is 27.2 Å². The number of halogens is 1. The van der Waals surface area contributed by atoms with Gasteiger partial charge in [-0.3, -0.25) is 0 Å². The predicted octanol–water partition coefficient (Wildman–Crippen LogP) is 3.40. The average molecular weight is 322 g/mol. The molecule has 1 saturated carbocycles. The Kier molecular flexibility index (Phi) is 3.41. The molecule has 2 unspecified atom stereocenters. The van der Waals surface area contributed by atoms with Crippen LogP contribution in [0, 0.1) is 6.92 Å². The van der Waals surface area contributed by atoms with Gasteiger partial charge >= 0.3 is 0 Å². The third-order valence-corrected chi connectivity index (χ3v) is 4.25. The van der Waals surface area contributed by atoms with Crippen molar-refractivity contribution in [2.75, 3.05) is 0 Å². The van der Waals surface area contributed by atoms with E-state index >= 15 is 0 Å². The van der Waals surface area contributed by atoms with Crippen LogP contribution in [0.2, 0.25) is 0 Å². The number of benzene rings is 1. The van der Waals surface area contributed by atoms with E-state index in [0.717, 1.165) is 34.9 Å². The molecule has 1 aromatic heterocycles. The van der Waals surface area contributed by atoms with E-state index in [9.17, 15) is 0 Å². The topological polar surface area (TPSA) is 64.9 Å². The van der Waals surface area contributed by atoms with Gasteiger partial charge in [0.1, 0.15) is 0 Å². The van der Waals surface area contributed by atoms with E-state index in [1.807, 2.05) is 25.1 Å². The van der Waals surface area contributed by atoms with Gasteiger partial charge in [-0.15, -0.1) is 0 Å². The Hall–Kier alpha value is -1.20. The van der Waals surface area contributed by atoms with Crippen LogP contribution in [0.3, 0.4) is 0 Å². The second-order valence-electron chi connectivity index (χ2n) is 5.12. The molecule has 3 rings (SSSR count). The van der Waals surface area contributed by atoms with Gasteiger partial charge in [0, 0.05) is 16.1 Å². The predicted molar refractivity (Wildman–Crippen MR) is 76.7 cm³/mol. The molecule has 0 bridgehead atoms. The minimum atomic E-state index is 0.152. The van der Waals surface area contributed by atoms with Crippen LogP contribution < -0.4 is 5.73 Å². The molecule has 1 aromatic carbocycles. The van der Waals surface area contributed by atoms with Gasteiger partial charge in [-0.1, -0.05) is 27.5 Å². The summed E-state index contributed by atoms with van der Waals surface area (Å²) in [6.07, 6.45) is 3.22. The zero-order valence-corrected chi connectivity index (χ0v) is 12.4. The normalized spacial score (nSPS) is 22.9. The molecule has 19 heavy (non-hydrogen) atoms. The lowest BCUT2D eigenvalue weighted by Crippen LogP contribution is -2.22. The lowest BCUT2D eigenvalue weighted by Gasteiger charge is -2.08. The highest BCUT2D eigenvalue weighted by Gasteiger charge is 2.30. The van der Waals surface area contributed by atoms with E-state index < -0.39 is 0 Å². The van der Waals surface area contributed by atoms with Crippen molar-refractivity contribution < 1.29 is 4.52 Å². The molecule has 0 radical (unpaired) electrons. The van der Waals surface area contributed by atoms with Crippen molar-refractivity contribution in [3.63, 3.8) is 0 Å². The second-order valence-corrected chi connectivity index (χ2v) is 6.03. The molecular weight excluding hydrogens is 306 g/mol. The quantitative estimate of drug-likeness (QED) is 0.920. The Morgan fingerprint density at radius 1 is 1.37 bits per heavy atom. The standard InChI is InChI=1S/C14H16BrN3O/c1-8-7-9(15)5-6-10(8)13-17-14(19-18-13)11-3-2-4-12(11)16/h5-7,11-12H,2-4,16H2,1H3. The minimum Gasteiger partial charge on any atom is -0.339 e. The lowest BCUT2D eigenvalue weighted by atomic mass is 10.0. The molecule has 1 heterocycles. The maximum atomic E-state index is 6.07. The van der Waals surface area contributed by atoms with Crippen molar-refractivity contribution in [1.82, 2.24) is 10.1 Å². The Balaban J connectivity index is 1.92. The third kappa shape index (κ3) is 2.44. The van der Waals surface area contributed by atoms with Gasteiger partial charge in [-0.2, -0.15) is 4.98 Å². The Morgan fingerprint density at radius 3 is 2.89 bits per heavy atom. The number of hydrogen-bond donors (Lipinski definition) is 1. The molecule has 0 spiro atoms. The fourth-order valence-electron chi connectivity index (χ4n) is 2.67. The molecule has 1 fully saturated rings. The number of aromatic nitrogens is 2. The molecule has 2 aromatic rings. The summed E-state index contributed by atoms with van der Waals surface area (Å²) >= 11 is 3.46. The number of rotatable bonds is 2. The maximum Gasteiger partial charge on any atom is 0.231 e. The SMILES string of the molecule is Cc1cc(Br)ccc1-c1noc(C2CCCC2N)n1. The van der Waals surface area contributed by atoms with Gasteiger partial charge in [0.25, 0.3) is 0 Å². The zero-order chi connectivity index (χ0) is 13.4. The van der Waals surface area contributed by atoms with E-state index in [1.165, 1.54) is 0 Å². The van der Waals surface area contributed by atoms with E-state index in [0.29, 0.717) is 11.7 Å². The van der Waals surface area contributed by atoms with E-state index in [4.69, 9.17) is 10.3 Å². The van der Waals surface area contributed by atoms with Gasteiger partial charge in [0.2, 0.25) is 11.7 Å². The van der Waals surface area contributed by atoms with E-state index in [-0.39, 0.29) is 12.0 Å². The Bertz CT molecular complexity index is 596. The van der Waals surface area contributed by atoms with Gasteiger partial charge in [-0.05, 0) is 43.5 Å². The third-order valence-electron chi connectivity index (χ3n) is 3.76. The summed E-state index contributed by atoms with van der Waals surface area (Å²) in [5.41, 5.74) is 8.20. The largest absolute Gasteiger partial charge is 0.339 e. The maximum absolute atomic E-state index is 6.07. The van der Waals surface area contributed by atoms with Crippen LogP contribution >= 0.6 is 15.9 Å². The highest BCUT2D eigenvalue weighted by Crippen LogP contribution is 2.33. The number of nitrogens with zero attached hydrogens (tertiary/aromatic N) is 2. The first-order valence-electron chi connectivity index (χ1n) is 6.51. The van der Waals surface area contributed by atoms with E-state index in [1.54, 1.807) is 0 Å². The van der Waals surface area contributed by atoms with Crippen molar-refractivity contribution in [2.45, 2.75) is 38.1 Å². The first-order valence-corrected chi connectivity index (χ1v) is 7.30. The van der Waals surface area contributed by atoms with Gasteiger partial charge in [-0.25, -0.2) is 0 Å². The monoisotopic (exact) mass is 321 g/mol. The summed E-state index contributed by atoms with van der Waals surface area (Å²) in [5.74, 6) is 1.55. The summed E-state index contributed by atoms with van der Waals surface area (Å²) < 4.78 is 6.46. The smallest absolute Gasteiger partial charge is 0.231 e. The van der Waals surface area contributed by atoms with Gasteiger partial charge in [0.05, 0.1) is 5.92 Å². The number of aryl methyl sites for hydroxylation is 1. The first-order chi connectivity index (χ1) is 9.15. The Labute approximate surface area is 120 Å². The van der Waals surface area contributed by atoms with Crippen molar-refractivity contribution in [1.29, 1.82) is 0 Å². The van der Waals surface area contributed by atoms with Crippen LogP contribution in [0.25, 0.3) is 11.4 Å². The molecule has 2 N–H and O–H groups in total. The average Bonchev–Trinajstić information content (AvgIpc) is 2.97. The molecule has 2 atom stereocenters. The fraction of sp³-hybridized carbons (Fsp3) is 0.429. The van der Waals surface area contributed by atoms with Crippen molar-refractivity contribution in [3.05, 3.63) is 34.1 Å².